The van der Waals surface area contributed by atoms with Gasteiger partial charge in [-0.2, -0.15) is 0 Å². The molecule has 1 heterocycles. The minimum atomic E-state index is 0.0686. The summed E-state index contributed by atoms with van der Waals surface area (Å²) in [5, 5.41) is 12.2. The van der Waals surface area contributed by atoms with Crippen molar-refractivity contribution in [2.75, 3.05) is 26.3 Å². The van der Waals surface area contributed by atoms with Gasteiger partial charge in [0.05, 0.1) is 13.2 Å². The highest BCUT2D eigenvalue weighted by atomic mass is 16.5. The standard InChI is InChI=1S/C24H32N2O3/c27-14-7-10-20-11-12-23-22(16-20)18-26(17-21-8-3-1-4-9-21)19-24(28)25-13-5-2-6-15-29-23/h1,3-4,8-9,11-12,16,27H,2,5-7,10,13-15,17-19H2,(H,25,28). The molecule has 156 valence electrons. The molecule has 1 amide bonds. The smallest absolute Gasteiger partial charge is 0.234 e. The third-order valence-electron chi connectivity index (χ3n) is 5.16. The van der Waals surface area contributed by atoms with Gasteiger partial charge in [-0.25, -0.2) is 0 Å². The molecule has 0 bridgehead atoms. The topological polar surface area (TPSA) is 61.8 Å². The second kappa shape index (κ2) is 11.6. The summed E-state index contributed by atoms with van der Waals surface area (Å²) in [6.45, 7) is 3.30. The molecule has 2 N–H and O–H groups in total. The van der Waals surface area contributed by atoms with E-state index >= 15 is 0 Å². The average molecular weight is 397 g/mol. The Bertz CT molecular complexity index is 764. The van der Waals surface area contributed by atoms with Gasteiger partial charge in [0.1, 0.15) is 5.75 Å². The zero-order valence-electron chi connectivity index (χ0n) is 17.1. The maximum absolute atomic E-state index is 12.5. The predicted molar refractivity (Wildman–Crippen MR) is 115 cm³/mol. The minimum Gasteiger partial charge on any atom is -0.493 e. The largest absolute Gasteiger partial charge is 0.493 e. The first kappa shape index (κ1) is 21.3. The zero-order valence-corrected chi connectivity index (χ0v) is 17.1. The van der Waals surface area contributed by atoms with Crippen molar-refractivity contribution in [2.24, 2.45) is 0 Å². The molecule has 3 rings (SSSR count). The van der Waals surface area contributed by atoms with Gasteiger partial charge < -0.3 is 15.2 Å². The SMILES string of the molecule is O=C1CN(Cc2ccccc2)Cc2cc(CCCO)ccc2OCCCCCN1. The summed E-state index contributed by atoms with van der Waals surface area (Å²) in [4.78, 5) is 14.7. The van der Waals surface area contributed by atoms with Gasteiger partial charge in [-0.05, 0) is 49.3 Å². The van der Waals surface area contributed by atoms with Crippen LogP contribution in [0.4, 0.5) is 0 Å². The van der Waals surface area contributed by atoms with Crippen molar-refractivity contribution in [3.05, 3.63) is 65.2 Å². The van der Waals surface area contributed by atoms with E-state index in [2.05, 4.69) is 34.5 Å². The first-order chi connectivity index (χ1) is 14.2. The van der Waals surface area contributed by atoms with Crippen molar-refractivity contribution in [3.63, 3.8) is 0 Å². The molecular weight excluding hydrogens is 364 g/mol. The molecule has 0 radical (unpaired) electrons. The number of aliphatic hydroxyl groups is 1. The second-order valence-corrected chi connectivity index (χ2v) is 7.66. The average Bonchev–Trinajstić information content (AvgIpc) is 2.74. The number of nitrogens with one attached hydrogen (secondary N) is 1. The van der Waals surface area contributed by atoms with Crippen LogP contribution in [0.2, 0.25) is 0 Å². The van der Waals surface area contributed by atoms with Crippen molar-refractivity contribution < 1.29 is 14.6 Å². The van der Waals surface area contributed by atoms with Gasteiger partial charge in [0, 0.05) is 31.8 Å². The monoisotopic (exact) mass is 396 g/mol. The number of benzene rings is 2. The number of hydrogen-bond acceptors (Lipinski definition) is 4. The molecule has 29 heavy (non-hydrogen) atoms. The van der Waals surface area contributed by atoms with Crippen LogP contribution in [-0.2, 0) is 24.3 Å². The Morgan fingerprint density at radius 1 is 1.00 bits per heavy atom. The maximum atomic E-state index is 12.5. The molecule has 0 unspecified atom stereocenters. The van der Waals surface area contributed by atoms with E-state index in [0.29, 0.717) is 26.2 Å². The number of nitrogens with zero attached hydrogens (tertiary/aromatic N) is 1. The minimum absolute atomic E-state index is 0.0686. The Kier molecular flexibility index (Phi) is 8.53. The van der Waals surface area contributed by atoms with Crippen molar-refractivity contribution in [1.29, 1.82) is 0 Å². The van der Waals surface area contributed by atoms with E-state index < -0.39 is 0 Å². The van der Waals surface area contributed by atoms with E-state index in [0.717, 1.165) is 50.0 Å². The number of amides is 1. The lowest BCUT2D eigenvalue weighted by Gasteiger charge is -2.23. The molecule has 5 heteroatoms. The van der Waals surface area contributed by atoms with E-state index in [-0.39, 0.29) is 12.5 Å². The predicted octanol–water partition coefficient (Wildman–Crippen LogP) is 3.29. The summed E-state index contributed by atoms with van der Waals surface area (Å²) >= 11 is 0. The highest BCUT2D eigenvalue weighted by Crippen LogP contribution is 2.24. The fraction of sp³-hybridized carbons (Fsp3) is 0.458. The number of rotatable bonds is 5. The molecule has 1 aliphatic rings. The summed E-state index contributed by atoms with van der Waals surface area (Å²) in [5.41, 5.74) is 3.47. The summed E-state index contributed by atoms with van der Waals surface area (Å²) in [6, 6.07) is 16.5. The van der Waals surface area contributed by atoms with Crippen LogP contribution in [0.1, 0.15) is 42.4 Å². The van der Waals surface area contributed by atoms with Crippen molar-refractivity contribution in [1.82, 2.24) is 10.2 Å². The molecule has 0 aliphatic carbocycles. The summed E-state index contributed by atoms with van der Waals surface area (Å²) in [5.74, 6) is 0.967. The number of ether oxygens (including phenoxy) is 1. The fourth-order valence-corrected chi connectivity index (χ4v) is 3.66. The van der Waals surface area contributed by atoms with Gasteiger partial charge in [0.2, 0.25) is 5.91 Å². The summed E-state index contributed by atoms with van der Waals surface area (Å²) in [7, 11) is 0. The van der Waals surface area contributed by atoms with Crippen LogP contribution >= 0.6 is 0 Å². The van der Waals surface area contributed by atoms with Gasteiger partial charge in [-0.3, -0.25) is 9.69 Å². The number of aliphatic hydroxyl groups excluding tert-OH is 1. The van der Waals surface area contributed by atoms with Crippen molar-refractivity contribution >= 4 is 5.91 Å². The molecule has 0 saturated carbocycles. The highest BCUT2D eigenvalue weighted by molar-refractivity contribution is 5.78. The molecule has 0 atom stereocenters. The fourth-order valence-electron chi connectivity index (χ4n) is 3.66. The van der Waals surface area contributed by atoms with E-state index in [1.54, 1.807) is 0 Å². The van der Waals surface area contributed by atoms with Crippen LogP contribution in [0.5, 0.6) is 5.75 Å². The number of carbonyl (C=O) groups is 1. The number of carbonyl (C=O) groups excluding carboxylic acids is 1. The Balaban J connectivity index is 1.84. The summed E-state index contributed by atoms with van der Waals surface area (Å²) < 4.78 is 6.10. The van der Waals surface area contributed by atoms with Crippen LogP contribution in [0, 0.1) is 0 Å². The van der Waals surface area contributed by atoms with Gasteiger partial charge in [0.15, 0.2) is 0 Å². The normalized spacial score (nSPS) is 16.5. The lowest BCUT2D eigenvalue weighted by Crippen LogP contribution is -2.37. The molecule has 2 aromatic carbocycles. The first-order valence-electron chi connectivity index (χ1n) is 10.6. The Morgan fingerprint density at radius 2 is 1.86 bits per heavy atom. The van der Waals surface area contributed by atoms with Crippen LogP contribution < -0.4 is 10.1 Å². The molecular formula is C24H32N2O3. The maximum Gasteiger partial charge on any atom is 0.234 e. The molecule has 0 fully saturated rings. The van der Waals surface area contributed by atoms with Crippen LogP contribution in [-0.4, -0.2) is 42.2 Å². The van der Waals surface area contributed by atoms with Gasteiger partial charge >= 0.3 is 0 Å². The lowest BCUT2D eigenvalue weighted by molar-refractivity contribution is -0.122. The number of aryl methyl sites for hydroxylation is 1. The van der Waals surface area contributed by atoms with Crippen LogP contribution in [0.3, 0.4) is 0 Å². The van der Waals surface area contributed by atoms with Gasteiger partial charge in [-0.15, -0.1) is 0 Å². The van der Waals surface area contributed by atoms with E-state index in [4.69, 9.17) is 9.84 Å². The van der Waals surface area contributed by atoms with E-state index in [1.807, 2.05) is 24.3 Å². The summed E-state index contributed by atoms with van der Waals surface area (Å²) in [6.07, 6.45) is 4.58. The Morgan fingerprint density at radius 3 is 2.69 bits per heavy atom. The van der Waals surface area contributed by atoms with Crippen molar-refractivity contribution in [2.45, 2.75) is 45.2 Å². The van der Waals surface area contributed by atoms with E-state index in [1.165, 1.54) is 11.1 Å². The van der Waals surface area contributed by atoms with Crippen molar-refractivity contribution in [3.8, 4) is 5.75 Å². The number of fused-ring (bicyclic) bond motifs is 1. The highest BCUT2D eigenvalue weighted by Gasteiger charge is 2.16. The molecule has 0 saturated heterocycles. The van der Waals surface area contributed by atoms with Gasteiger partial charge in [-0.1, -0.05) is 42.5 Å². The quantitative estimate of drug-likeness (QED) is 0.814. The zero-order chi connectivity index (χ0) is 20.3. The van der Waals surface area contributed by atoms with Crippen LogP contribution in [0.25, 0.3) is 0 Å². The van der Waals surface area contributed by atoms with Crippen LogP contribution in [0.15, 0.2) is 48.5 Å². The second-order valence-electron chi connectivity index (χ2n) is 7.66. The molecule has 0 aromatic heterocycles. The molecule has 2 aromatic rings. The Hall–Kier alpha value is -2.37. The lowest BCUT2D eigenvalue weighted by atomic mass is 10.0. The molecule has 1 aliphatic heterocycles. The third-order valence-corrected chi connectivity index (χ3v) is 5.16. The molecule has 5 nitrogen and oxygen atoms in total. The third kappa shape index (κ3) is 7.18. The molecule has 0 spiro atoms. The van der Waals surface area contributed by atoms with E-state index in [9.17, 15) is 4.79 Å². The number of hydrogen-bond donors (Lipinski definition) is 2. The van der Waals surface area contributed by atoms with Gasteiger partial charge in [0.25, 0.3) is 0 Å². The Labute approximate surface area is 173 Å². The first-order valence-corrected chi connectivity index (χ1v) is 10.6.